The number of piperidine rings is 1. The maximum absolute atomic E-state index is 15.4. The molecule has 1 fully saturated rings. The second kappa shape index (κ2) is 15.9. The number of hydrazine groups is 1. The third-order valence-electron chi connectivity index (χ3n) is 8.91. The average Bonchev–Trinajstić information content (AvgIpc) is 3.57. The molecule has 0 unspecified atom stereocenters. The van der Waals surface area contributed by atoms with E-state index in [0.717, 1.165) is 61.2 Å². The molecule has 0 aliphatic carbocycles. The van der Waals surface area contributed by atoms with Crippen LogP contribution in [0.25, 0.3) is 11.3 Å². The SMILES string of the molecule is CCc1ccc(N(C(=O)Nc2ccc(N3CCCCC3)c(F)c2)N(CCc2ccc(Cl)cc2)C(=O)Nc2cccc(-c3ccnn3C)c2)cc1. The van der Waals surface area contributed by atoms with E-state index in [4.69, 9.17) is 11.6 Å². The van der Waals surface area contributed by atoms with E-state index in [9.17, 15) is 9.59 Å². The zero-order chi connectivity index (χ0) is 35.0. The molecule has 0 radical (unpaired) electrons. The fraction of sp³-hybridized carbons (Fsp3) is 0.256. The van der Waals surface area contributed by atoms with Crippen molar-refractivity contribution in [1.82, 2.24) is 14.8 Å². The highest BCUT2D eigenvalue weighted by Gasteiger charge is 2.29. The van der Waals surface area contributed by atoms with Crippen LogP contribution >= 0.6 is 11.6 Å². The van der Waals surface area contributed by atoms with Gasteiger partial charge in [-0.05, 0) is 104 Å². The largest absolute Gasteiger partial charge is 0.369 e. The average molecular weight is 694 g/mol. The topological polar surface area (TPSA) is 85.7 Å². The summed E-state index contributed by atoms with van der Waals surface area (Å²) < 4.78 is 17.2. The lowest BCUT2D eigenvalue weighted by atomic mass is 10.1. The molecule has 50 heavy (non-hydrogen) atoms. The monoisotopic (exact) mass is 693 g/mol. The van der Waals surface area contributed by atoms with Crippen molar-refractivity contribution < 1.29 is 14.0 Å². The van der Waals surface area contributed by atoms with Gasteiger partial charge in [0.2, 0.25) is 0 Å². The normalized spacial score (nSPS) is 12.8. The summed E-state index contributed by atoms with van der Waals surface area (Å²) in [7, 11) is 1.85. The van der Waals surface area contributed by atoms with E-state index < -0.39 is 17.9 Å². The summed E-state index contributed by atoms with van der Waals surface area (Å²) >= 11 is 6.14. The van der Waals surface area contributed by atoms with Gasteiger partial charge in [-0.15, -0.1) is 0 Å². The predicted molar refractivity (Wildman–Crippen MR) is 199 cm³/mol. The first kappa shape index (κ1) is 34.5. The first-order valence-corrected chi connectivity index (χ1v) is 17.3. The fourth-order valence-electron chi connectivity index (χ4n) is 6.17. The van der Waals surface area contributed by atoms with Gasteiger partial charge in [-0.25, -0.2) is 19.0 Å². The third-order valence-corrected chi connectivity index (χ3v) is 9.16. The van der Waals surface area contributed by atoms with Crippen LogP contribution in [0.5, 0.6) is 0 Å². The van der Waals surface area contributed by atoms with Gasteiger partial charge < -0.3 is 15.5 Å². The molecule has 0 saturated carbocycles. The number of anilines is 4. The molecule has 2 N–H and O–H groups in total. The zero-order valence-electron chi connectivity index (χ0n) is 28.3. The van der Waals surface area contributed by atoms with Crippen molar-refractivity contribution in [2.24, 2.45) is 7.05 Å². The number of carbonyl (C=O) groups excluding carboxylic acids is 2. The number of rotatable bonds is 9. The minimum absolute atomic E-state index is 0.139. The molecule has 9 nitrogen and oxygen atoms in total. The second-order valence-electron chi connectivity index (χ2n) is 12.3. The molecular weight excluding hydrogens is 653 g/mol. The van der Waals surface area contributed by atoms with Crippen LogP contribution in [0, 0.1) is 5.82 Å². The molecule has 2 heterocycles. The summed E-state index contributed by atoms with van der Waals surface area (Å²) in [6.45, 7) is 3.78. The number of aromatic nitrogens is 2. The first-order chi connectivity index (χ1) is 24.3. The van der Waals surface area contributed by atoms with Crippen LogP contribution in [0.4, 0.5) is 36.7 Å². The van der Waals surface area contributed by atoms with E-state index in [-0.39, 0.29) is 12.2 Å². The smallest absolute Gasteiger partial charge is 0.345 e. The molecule has 5 aromatic rings. The Bertz CT molecular complexity index is 1920. The molecular formula is C39H41ClFN7O2. The molecule has 0 atom stereocenters. The Hall–Kier alpha value is -5.35. The molecule has 0 spiro atoms. The van der Waals surface area contributed by atoms with Crippen LogP contribution in [0.2, 0.25) is 5.02 Å². The Morgan fingerprint density at radius 1 is 0.840 bits per heavy atom. The Labute approximate surface area is 297 Å². The van der Waals surface area contributed by atoms with Crippen molar-refractivity contribution in [3.8, 4) is 11.3 Å². The van der Waals surface area contributed by atoms with Gasteiger partial charge in [0.1, 0.15) is 5.82 Å². The summed E-state index contributed by atoms with van der Waals surface area (Å²) in [5.74, 6) is -0.408. The van der Waals surface area contributed by atoms with E-state index in [1.165, 1.54) is 16.1 Å². The number of benzene rings is 4. The Kier molecular flexibility index (Phi) is 11.0. The summed E-state index contributed by atoms with van der Waals surface area (Å²) in [4.78, 5) is 30.7. The summed E-state index contributed by atoms with van der Waals surface area (Å²) in [6.07, 6.45) is 6.13. The minimum atomic E-state index is -0.616. The van der Waals surface area contributed by atoms with Crippen LogP contribution in [0.3, 0.4) is 0 Å². The fourth-order valence-corrected chi connectivity index (χ4v) is 6.30. The molecule has 4 amide bonds. The summed E-state index contributed by atoms with van der Waals surface area (Å²) in [6, 6.07) is 27.8. The zero-order valence-corrected chi connectivity index (χ0v) is 29.0. The highest BCUT2D eigenvalue weighted by Crippen LogP contribution is 2.28. The minimum Gasteiger partial charge on any atom is -0.369 e. The molecule has 1 aliphatic heterocycles. The molecule has 0 bridgehead atoms. The molecule has 11 heteroatoms. The first-order valence-electron chi connectivity index (χ1n) is 16.9. The Morgan fingerprint density at radius 2 is 1.54 bits per heavy atom. The Morgan fingerprint density at radius 3 is 2.22 bits per heavy atom. The van der Waals surface area contributed by atoms with Gasteiger partial charge in [-0.2, -0.15) is 10.1 Å². The maximum atomic E-state index is 15.4. The molecule has 6 rings (SSSR count). The lowest BCUT2D eigenvalue weighted by Crippen LogP contribution is -2.54. The van der Waals surface area contributed by atoms with Gasteiger partial charge in [0, 0.05) is 54.8 Å². The highest BCUT2D eigenvalue weighted by atomic mass is 35.5. The van der Waals surface area contributed by atoms with Crippen molar-refractivity contribution in [1.29, 1.82) is 0 Å². The van der Waals surface area contributed by atoms with Crippen molar-refractivity contribution >= 4 is 46.4 Å². The van der Waals surface area contributed by atoms with Gasteiger partial charge in [-0.3, -0.25) is 4.68 Å². The number of halogens is 2. The highest BCUT2D eigenvalue weighted by molar-refractivity contribution is 6.30. The van der Waals surface area contributed by atoms with Crippen LogP contribution in [-0.2, 0) is 19.9 Å². The lowest BCUT2D eigenvalue weighted by Gasteiger charge is -2.35. The van der Waals surface area contributed by atoms with Gasteiger partial charge in [0.05, 0.1) is 17.1 Å². The van der Waals surface area contributed by atoms with Crippen LogP contribution in [0.1, 0.15) is 37.3 Å². The maximum Gasteiger partial charge on any atom is 0.345 e. The van der Waals surface area contributed by atoms with Crippen LogP contribution < -0.4 is 20.5 Å². The van der Waals surface area contributed by atoms with Crippen LogP contribution in [0.15, 0.2) is 103 Å². The van der Waals surface area contributed by atoms with Gasteiger partial charge >= 0.3 is 12.1 Å². The van der Waals surface area contributed by atoms with E-state index in [1.807, 2.05) is 79.5 Å². The van der Waals surface area contributed by atoms with Gasteiger partial charge in [0.15, 0.2) is 0 Å². The standard InChI is InChI=1S/C39H41ClFN7O2/c1-3-28-12-17-34(18-13-28)48(39(50)44-33-16-19-37(35(41)27-33)46-23-5-4-6-24-46)47(25-21-29-10-14-31(40)15-11-29)38(49)43-32-9-7-8-30(26-32)36-20-22-42-45(36)2/h7-20,22,26-27H,3-6,21,23-25H2,1-2H3,(H,43,49)(H,44,50). The van der Waals surface area contributed by atoms with Crippen molar-refractivity contribution in [2.45, 2.75) is 39.0 Å². The summed E-state index contributed by atoms with van der Waals surface area (Å²) in [5, 5.41) is 13.4. The quantitative estimate of drug-likeness (QED) is 0.151. The predicted octanol–water partition coefficient (Wildman–Crippen LogP) is 9.16. The molecule has 1 saturated heterocycles. The lowest BCUT2D eigenvalue weighted by molar-refractivity contribution is 0.201. The van der Waals surface area contributed by atoms with Crippen molar-refractivity contribution in [3.05, 3.63) is 125 Å². The van der Waals surface area contributed by atoms with E-state index in [1.54, 1.807) is 41.2 Å². The number of urea groups is 2. The molecule has 1 aliphatic rings. The van der Waals surface area contributed by atoms with E-state index >= 15 is 4.39 Å². The number of aryl methyl sites for hydroxylation is 2. The van der Waals surface area contributed by atoms with Crippen molar-refractivity contribution in [3.63, 3.8) is 0 Å². The number of nitrogens with one attached hydrogen (secondary N) is 2. The van der Waals surface area contributed by atoms with E-state index in [0.29, 0.717) is 28.5 Å². The van der Waals surface area contributed by atoms with Crippen molar-refractivity contribution in [2.75, 3.05) is 40.2 Å². The number of nitrogens with zero attached hydrogens (tertiary/aromatic N) is 5. The second-order valence-corrected chi connectivity index (χ2v) is 12.8. The van der Waals surface area contributed by atoms with E-state index in [2.05, 4.69) is 15.7 Å². The van der Waals surface area contributed by atoms with Crippen LogP contribution in [-0.4, -0.2) is 46.5 Å². The third kappa shape index (κ3) is 8.26. The number of hydrogen-bond acceptors (Lipinski definition) is 4. The number of carbonyl (C=O) groups is 2. The van der Waals surface area contributed by atoms with Gasteiger partial charge in [-0.1, -0.05) is 54.9 Å². The number of amides is 4. The summed E-state index contributed by atoms with van der Waals surface area (Å²) in [5.41, 5.74) is 5.59. The number of hydrogen-bond donors (Lipinski definition) is 2. The Balaban J connectivity index is 1.33. The molecule has 258 valence electrons. The van der Waals surface area contributed by atoms with Gasteiger partial charge in [0.25, 0.3) is 0 Å². The molecule has 4 aromatic carbocycles. The molecule has 1 aromatic heterocycles.